The van der Waals surface area contributed by atoms with Crippen molar-refractivity contribution in [3.63, 3.8) is 0 Å². The third-order valence-corrected chi connectivity index (χ3v) is 4.80. The number of aryl methyl sites for hydroxylation is 1. The number of urea groups is 1. The molecule has 2 aromatic carbocycles. The Bertz CT molecular complexity index is 936. The maximum absolute atomic E-state index is 12.7. The first kappa shape index (κ1) is 20.5. The van der Waals surface area contributed by atoms with Crippen LogP contribution < -0.4 is 15.4 Å². The Morgan fingerprint density at radius 1 is 1.07 bits per heavy atom. The van der Waals surface area contributed by atoms with Crippen molar-refractivity contribution in [1.82, 2.24) is 10.6 Å². The monoisotopic (exact) mass is 394 g/mol. The van der Waals surface area contributed by atoms with E-state index in [2.05, 4.69) is 10.6 Å². The van der Waals surface area contributed by atoms with Crippen molar-refractivity contribution >= 4 is 12.0 Å². The second-order valence-corrected chi connectivity index (χ2v) is 6.96. The van der Waals surface area contributed by atoms with Crippen molar-refractivity contribution in [3.05, 3.63) is 76.5 Å². The molecule has 3 rings (SSSR count). The van der Waals surface area contributed by atoms with Crippen LogP contribution in [0.25, 0.3) is 0 Å². The van der Waals surface area contributed by atoms with Crippen LogP contribution in [0.5, 0.6) is 5.75 Å². The number of ether oxygens (including phenoxy) is 2. The Morgan fingerprint density at radius 3 is 2.55 bits per heavy atom. The van der Waals surface area contributed by atoms with Crippen molar-refractivity contribution in [1.29, 1.82) is 0 Å². The Morgan fingerprint density at radius 2 is 1.79 bits per heavy atom. The zero-order chi connectivity index (χ0) is 20.8. The molecule has 6 heteroatoms. The number of para-hydroxylation sites is 1. The summed E-state index contributed by atoms with van der Waals surface area (Å²) >= 11 is 0. The van der Waals surface area contributed by atoms with Gasteiger partial charge in [0.05, 0.1) is 18.2 Å². The van der Waals surface area contributed by atoms with Gasteiger partial charge in [0.2, 0.25) is 0 Å². The van der Waals surface area contributed by atoms with E-state index in [-0.39, 0.29) is 6.03 Å². The number of rotatable bonds is 7. The van der Waals surface area contributed by atoms with Crippen molar-refractivity contribution in [2.45, 2.75) is 39.8 Å². The van der Waals surface area contributed by atoms with Crippen LogP contribution in [-0.4, -0.2) is 18.6 Å². The molecule has 0 aromatic heterocycles. The van der Waals surface area contributed by atoms with Crippen molar-refractivity contribution in [2.75, 3.05) is 6.61 Å². The van der Waals surface area contributed by atoms with Crippen LogP contribution in [0.4, 0.5) is 4.79 Å². The summed E-state index contributed by atoms with van der Waals surface area (Å²) in [4.78, 5) is 24.8. The zero-order valence-corrected chi connectivity index (χ0v) is 17.0. The van der Waals surface area contributed by atoms with Gasteiger partial charge in [-0.2, -0.15) is 0 Å². The quantitative estimate of drug-likeness (QED) is 0.692. The molecule has 29 heavy (non-hydrogen) atoms. The van der Waals surface area contributed by atoms with Crippen LogP contribution in [0.3, 0.4) is 0 Å². The molecule has 2 N–H and O–H groups in total. The van der Waals surface area contributed by atoms with Crippen LogP contribution in [0.15, 0.2) is 59.8 Å². The highest BCUT2D eigenvalue weighted by molar-refractivity contribution is 5.95. The molecule has 0 bridgehead atoms. The number of allylic oxidation sites excluding steroid dienone is 1. The highest BCUT2D eigenvalue weighted by Gasteiger charge is 2.33. The highest BCUT2D eigenvalue weighted by Crippen LogP contribution is 2.34. The van der Waals surface area contributed by atoms with Crippen molar-refractivity contribution < 1.29 is 19.1 Å². The fourth-order valence-corrected chi connectivity index (χ4v) is 3.25. The zero-order valence-electron chi connectivity index (χ0n) is 17.0. The number of carbonyl (C=O) groups excluding carboxylic acids is 2. The van der Waals surface area contributed by atoms with Gasteiger partial charge in [0.25, 0.3) is 0 Å². The lowest BCUT2D eigenvalue weighted by Gasteiger charge is -2.29. The van der Waals surface area contributed by atoms with E-state index in [0.717, 1.165) is 17.5 Å². The molecular weight excluding hydrogens is 368 g/mol. The van der Waals surface area contributed by atoms with Gasteiger partial charge in [-0.1, -0.05) is 49.4 Å². The summed E-state index contributed by atoms with van der Waals surface area (Å²) in [7, 11) is 0. The standard InChI is InChI=1S/C23H26N2O4/c1-4-13-28-22(26)20-16(3)24-23(27)25-21(20)18-11-7-8-12-19(18)29-14-17-10-6-5-9-15(17)2/h5-12,21H,4,13-14H2,1-3H3,(H2,24,25,27). The molecule has 0 aliphatic carbocycles. The number of carbonyl (C=O) groups is 2. The lowest BCUT2D eigenvalue weighted by molar-refractivity contribution is -0.139. The molecule has 1 aliphatic rings. The molecule has 0 saturated carbocycles. The van der Waals surface area contributed by atoms with Gasteiger partial charge in [-0.15, -0.1) is 0 Å². The minimum absolute atomic E-state index is 0.321. The van der Waals surface area contributed by atoms with Crippen LogP contribution in [0, 0.1) is 6.92 Å². The molecule has 0 saturated heterocycles. The summed E-state index contributed by atoms with van der Waals surface area (Å²) in [6.45, 7) is 6.38. The average molecular weight is 394 g/mol. The lowest BCUT2D eigenvalue weighted by Crippen LogP contribution is -2.45. The van der Waals surface area contributed by atoms with Crippen LogP contribution in [0.2, 0.25) is 0 Å². The van der Waals surface area contributed by atoms with Crippen molar-refractivity contribution in [3.8, 4) is 5.75 Å². The molecule has 0 radical (unpaired) electrons. The molecular formula is C23H26N2O4. The minimum atomic E-state index is -0.652. The molecule has 2 aromatic rings. The first-order valence-corrected chi connectivity index (χ1v) is 9.73. The second kappa shape index (κ2) is 9.28. The maximum atomic E-state index is 12.7. The van der Waals surface area contributed by atoms with Gasteiger partial charge < -0.3 is 20.1 Å². The summed E-state index contributed by atoms with van der Waals surface area (Å²) in [6, 6.07) is 14.4. The van der Waals surface area contributed by atoms with E-state index in [1.165, 1.54) is 0 Å². The molecule has 1 atom stereocenters. The fraction of sp³-hybridized carbons (Fsp3) is 0.304. The summed E-state index contributed by atoms with van der Waals surface area (Å²) in [5, 5.41) is 5.49. The van der Waals surface area contributed by atoms with E-state index in [0.29, 0.717) is 35.8 Å². The van der Waals surface area contributed by atoms with Gasteiger partial charge in [-0.25, -0.2) is 9.59 Å². The van der Waals surface area contributed by atoms with E-state index in [1.54, 1.807) is 6.92 Å². The predicted molar refractivity (Wildman–Crippen MR) is 110 cm³/mol. The Hall–Kier alpha value is -3.28. The summed E-state index contributed by atoms with van der Waals surface area (Å²) in [5.41, 5.74) is 3.78. The second-order valence-electron chi connectivity index (χ2n) is 6.96. The van der Waals surface area contributed by atoms with Gasteiger partial charge >= 0.3 is 12.0 Å². The van der Waals surface area contributed by atoms with Gasteiger partial charge in [0, 0.05) is 11.3 Å². The maximum Gasteiger partial charge on any atom is 0.338 e. The summed E-state index contributed by atoms with van der Waals surface area (Å²) in [5.74, 6) is 0.159. The molecule has 152 valence electrons. The molecule has 6 nitrogen and oxygen atoms in total. The average Bonchev–Trinajstić information content (AvgIpc) is 2.71. The third kappa shape index (κ3) is 4.77. The number of esters is 1. The smallest absolute Gasteiger partial charge is 0.338 e. The molecule has 1 unspecified atom stereocenters. The van der Waals surface area contributed by atoms with Crippen LogP contribution >= 0.6 is 0 Å². The number of nitrogens with one attached hydrogen (secondary N) is 2. The summed E-state index contributed by atoms with van der Waals surface area (Å²) < 4.78 is 11.4. The molecule has 1 heterocycles. The van der Waals surface area contributed by atoms with Gasteiger partial charge in [-0.05, 0) is 37.5 Å². The normalized spacial score (nSPS) is 16.1. The van der Waals surface area contributed by atoms with E-state index >= 15 is 0 Å². The molecule has 0 fully saturated rings. The SMILES string of the molecule is CCCOC(=O)C1=C(C)NC(=O)NC1c1ccccc1OCc1ccccc1C. The first-order chi connectivity index (χ1) is 14.0. The minimum Gasteiger partial charge on any atom is -0.489 e. The lowest BCUT2D eigenvalue weighted by atomic mass is 9.95. The topological polar surface area (TPSA) is 76.7 Å². The molecule has 0 spiro atoms. The van der Waals surface area contributed by atoms with Crippen LogP contribution in [0.1, 0.15) is 43.0 Å². The first-order valence-electron chi connectivity index (χ1n) is 9.73. The summed E-state index contributed by atoms with van der Waals surface area (Å²) in [6.07, 6.45) is 0.721. The number of hydrogen-bond acceptors (Lipinski definition) is 4. The van der Waals surface area contributed by atoms with E-state index in [9.17, 15) is 9.59 Å². The Balaban J connectivity index is 1.91. The Labute approximate surface area is 170 Å². The van der Waals surface area contributed by atoms with Crippen LogP contribution in [-0.2, 0) is 16.1 Å². The fourth-order valence-electron chi connectivity index (χ4n) is 3.25. The largest absolute Gasteiger partial charge is 0.489 e. The molecule has 1 aliphatic heterocycles. The van der Waals surface area contributed by atoms with E-state index < -0.39 is 12.0 Å². The van der Waals surface area contributed by atoms with E-state index in [1.807, 2.05) is 62.4 Å². The third-order valence-electron chi connectivity index (χ3n) is 4.80. The van der Waals surface area contributed by atoms with Gasteiger partial charge in [0.1, 0.15) is 12.4 Å². The number of amides is 2. The van der Waals surface area contributed by atoms with Crippen molar-refractivity contribution in [2.24, 2.45) is 0 Å². The number of benzene rings is 2. The van der Waals surface area contributed by atoms with Gasteiger partial charge in [0.15, 0.2) is 0 Å². The number of hydrogen-bond donors (Lipinski definition) is 2. The van der Waals surface area contributed by atoms with E-state index in [4.69, 9.17) is 9.47 Å². The predicted octanol–water partition coefficient (Wildman–Crippen LogP) is 4.16. The van der Waals surface area contributed by atoms with Gasteiger partial charge in [-0.3, -0.25) is 0 Å². The highest BCUT2D eigenvalue weighted by atomic mass is 16.5. The molecule has 2 amide bonds. The Kier molecular flexibility index (Phi) is 6.54.